The molecule has 0 atom stereocenters. The lowest BCUT2D eigenvalue weighted by molar-refractivity contribution is -0.131. The van der Waals surface area contributed by atoms with Crippen LogP contribution in [0.5, 0.6) is 0 Å². The Morgan fingerprint density at radius 1 is 1.27 bits per heavy atom. The maximum Gasteiger partial charge on any atom is 0.376 e. The lowest BCUT2D eigenvalue weighted by Crippen LogP contribution is -2.07. The molecule has 0 saturated carbocycles. The van der Waals surface area contributed by atoms with E-state index in [2.05, 4.69) is 4.18 Å². The topological polar surface area (TPSA) is 77.5 Å². The van der Waals surface area contributed by atoms with Crippen LogP contribution in [0.3, 0.4) is 0 Å². The van der Waals surface area contributed by atoms with Crippen LogP contribution >= 0.6 is 10.8 Å². The first-order valence-electron chi connectivity index (χ1n) is 2.48. The Morgan fingerprint density at radius 2 is 1.73 bits per heavy atom. The minimum absolute atomic E-state index is 0.0247. The molecule has 0 spiro atoms. The summed E-state index contributed by atoms with van der Waals surface area (Å²) in [7, 11) is -4.09. The van der Waals surface area contributed by atoms with E-state index < -0.39 is 20.2 Å². The minimum atomic E-state index is -4.06. The molecule has 0 aliphatic heterocycles. The molecule has 0 aromatic heterocycles. The van der Waals surface area contributed by atoms with Crippen LogP contribution in [-0.4, -0.2) is 19.5 Å². The highest BCUT2D eigenvalue weighted by atomic mass is 33.1. The van der Waals surface area contributed by atoms with E-state index in [0.29, 0.717) is 0 Å². The van der Waals surface area contributed by atoms with Crippen molar-refractivity contribution < 1.29 is 22.2 Å². The second-order valence-electron chi connectivity index (χ2n) is 1.56. The maximum absolute atomic E-state index is 10.6. The van der Waals surface area contributed by atoms with Crippen molar-refractivity contribution in [3.05, 3.63) is 0 Å². The quantitative estimate of drug-likeness (QED) is 0.584. The molecule has 0 aromatic rings. The monoisotopic (exact) mass is 198 g/mol. The normalized spacial score (nSPS) is 10.7. The highest BCUT2D eigenvalue weighted by Crippen LogP contribution is 2.14. The van der Waals surface area contributed by atoms with Crippen LogP contribution in [0.1, 0.15) is 13.8 Å². The molecule has 0 saturated heterocycles. The smallest absolute Gasteiger partial charge is 0.338 e. The molecule has 7 heteroatoms. The van der Waals surface area contributed by atoms with Gasteiger partial charge in [0.15, 0.2) is 0 Å². The van der Waals surface area contributed by atoms with Gasteiger partial charge >= 0.3 is 15.1 Å². The molecule has 0 radical (unpaired) electrons. The molecule has 0 N–H and O–H groups in total. The Bertz CT molecular complexity index is 242. The highest BCUT2D eigenvalue weighted by Gasteiger charge is 2.17. The Balaban J connectivity index is 4.25. The predicted molar refractivity (Wildman–Crippen MR) is 39.0 cm³/mol. The van der Waals surface area contributed by atoms with Gasteiger partial charge in [0.25, 0.3) is 0 Å². The molecule has 0 rings (SSSR count). The summed E-state index contributed by atoms with van der Waals surface area (Å²) in [5, 5.41) is -0.647. The van der Waals surface area contributed by atoms with Crippen molar-refractivity contribution in [2.24, 2.45) is 0 Å². The van der Waals surface area contributed by atoms with Gasteiger partial charge in [-0.1, -0.05) is 0 Å². The van der Waals surface area contributed by atoms with Gasteiger partial charge < -0.3 is 4.18 Å². The van der Waals surface area contributed by atoms with Crippen LogP contribution in [-0.2, 0) is 22.9 Å². The molecule has 0 heterocycles. The van der Waals surface area contributed by atoms with Crippen LogP contribution in [0.2, 0.25) is 0 Å². The zero-order valence-electron chi connectivity index (χ0n) is 5.86. The van der Waals surface area contributed by atoms with E-state index in [1.807, 2.05) is 0 Å². The van der Waals surface area contributed by atoms with Gasteiger partial charge in [0.2, 0.25) is 5.12 Å². The van der Waals surface area contributed by atoms with Crippen molar-refractivity contribution in [3.8, 4) is 0 Å². The number of hydrogen-bond donors (Lipinski definition) is 0. The molecule has 11 heavy (non-hydrogen) atoms. The maximum atomic E-state index is 10.6. The zero-order valence-corrected chi connectivity index (χ0v) is 7.49. The van der Waals surface area contributed by atoms with Crippen molar-refractivity contribution >= 4 is 31.0 Å². The fourth-order valence-electron chi connectivity index (χ4n) is 0.304. The zero-order chi connectivity index (χ0) is 9.07. The number of hydrogen-bond acceptors (Lipinski definition) is 6. The Labute approximate surface area is 67.6 Å². The summed E-state index contributed by atoms with van der Waals surface area (Å²) in [5.41, 5.74) is 0. The van der Waals surface area contributed by atoms with Crippen molar-refractivity contribution in [2.75, 3.05) is 0 Å². The van der Waals surface area contributed by atoms with E-state index in [9.17, 15) is 18.0 Å². The summed E-state index contributed by atoms with van der Waals surface area (Å²) in [4.78, 5) is 20.3. The Hall–Kier alpha value is -0.560. The average molecular weight is 198 g/mol. The molecule has 0 unspecified atom stereocenters. The second kappa shape index (κ2) is 3.72. The van der Waals surface area contributed by atoms with Gasteiger partial charge in [-0.2, -0.15) is 8.42 Å². The van der Waals surface area contributed by atoms with Gasteiger partial charge in [0, 0.05) is 13.8 Å². The second-order valence-corrected chi connectivity index (χ2v) is 5.01. The third kappa shape index (κ3) is 5.86. The molecule has 0 aliphatic rings. The fraction of sp³-hybridized carbons (Fsp3) is 0.500. The number of carbonyl (C=O) groups excluding carboxylic acids is 2. The van der Waals surface area contributed by atoms with Crippen LogP contribution < -0.4 is 0 Å². The summed E-state index contributed by atoms with van der Waals surface area (Å²) >= 11 is 0. The molecule has 64 valence electrons. The molecular formula is C4H6O5S2. The van der Waals surface area contributed by atoms with Crippen LogP contribution in [0, 0.1) is 0 Å². The standard InChI is InChI=1S/C4H6O5S2/c1-3(5)9-11(7,8)10-4(2)6/h1-2H3. The summed E-state index contributed by atoms with van der Waals surface area (Å²) in [6.45, 7) is 2.00. The molecule has 0 fully saturated rings. The predicted octanol–water partition coefficient (Wildman–Crippen LogP) is 0.0740. The first-order chi connectivity index (χ1) is 4.83. The van der Waals surface area contributed by atoms with E-state index in [4.69, 9.17) is 0 Å². The molecule has 0 amide bonds. The van der Waals surface area contributed by atoms with Gasteiger partial charge in [-0.25, -0.2) is 0 Å². The highest BCUT2D eigenvalue weighted by molar-refractivity contribution is 8.76. The van der Waals surface area contributed by atoms with Crippen molar-refractivity contribution in [2.45, 2.75) is 13.8 Å². The van der Waals surface area contributed by atoms with E-state index in [0.717, 1.165) is 13.8 Å². The molecular weight excluding hydrogens is 192 g/mol. The van der Waals surface area contributed by atoms with Crippen LogP contribution in [0.4, 0.5) is 0 Å². The third-order valence-electron chi connectivity index (χ3n) is 0.439. The Morgan fingerprint density at radius 3 is 2.00 bits per heavy atom. The molecule has 5 nitrogen and oxygen atoms in total. The van der Waals surface area contributed by atoms with E-state index in [-0.39, 0.29) is 10.8 Å². The van der Waals surface area contributed by atoms with E-state index in [1.165, 1.54) is 0 Å². The lowest BCUT2D eigenvalue weighted by atomic mass is 10.9. The van der Waals surface area contributed by atoms with Gasteiger partial charge in [-0.3, -0.25) is 9.59 Å². The van der Waals surface area contributed by atoms with Gasteiger partial charge in [0.1, 0.15) is 0 Å². The largest absolute Gasteiger partial charge is 0.376 e. The summed E-state index contributed by atoms with van der Waals surface area (Å²) in [5.74, 6) is -0.959. The SMILES string of the molecule is CC(=O)OS(=O)(=O)SC(C)=O. The van der Waals surface area contributed by atoms with Crippen LogP contribution in [0.15, 0.2) is 0 Å². The number of carbonyl (C=O) groups is 2. The molecule has 0 bridgehead atoms. The first kappa shape index (κ1) is 10.4. The minimum Gasteiger partial charge on any atom is -0.338 e. The molecule has 0 aliphatic carbocycles. The van der Waals surface area contributed by atoms with Crippen molar-refractivity contribution in [1.82, 2.24) is 0 Å². The first-order valence-corrected chi connectivity index (χ1v) is 5.22. The van der Waals surface area contributed by atoms with E-state index in [1.54, 1.807) is 0 Å². The van der Waals surface area contributed by atoms with Crippen LogP contribution in [0.25, 0.3) is 0 Å². The van der Waals surface area contributed by atoms with E-state index >= 15 is 0 Å². The fourth-order valence-corrected chi connectivity index (χ4v) is 2.17. The summed E-state index contributed by atoms with van der Waals surface area (Å²) in [6, 6.07) is 0. The number of rotatable bonds is 2. The summed E-state index contributed by atoms with van der Waals surface area (Å²) in [6.07, 6.45) is 0. The van der Waals surface area contributed by atoms with Gasteiger partial charge in [-0.05, 0) is 0 Å². The lowest BCUT2D eigenvalue weighted by Gasteiger charge is -1.97. The molecule has 0 aromatic carbocycles. The Kier molecular flexibility index (Phi) is 3.53. The average Bonchev–Trinajstić information content (AvgIpc) is 1.53. The van der Waals surface area contributed by atoms with Crippen molar-refractivity contribution in [1.29, 1.82) is 0 Å². The van der Waals surface area contributed by atoms with Gasteiger partial charge in [0.05, 0.1) is 10.8 Å². The van der Waals surface area contributed by atoms with Crippen molar-refractivity contribution in [3.63, 3.8) is 0 Å². The van der Waals surface area contributed by atoms with Gasteiger partial charge in [-0.15, -0.1) is 0 Å². The summed E-state index contributed by atoms with van der Waals surface area (Å²) < 4.78 is 24.9. The third-order valence-corrected chi connectivity index (χ3v) is 2.84.